The topological polar surface area (TPSA) is 0 Å². The molecule has 1 atom stereocenters. The largest absolute Gasteiger partial charge is 0.117 e. The van der Waals surface area contributed by atoms with Gasteiger partial charge in [0.2, 0.25) is 0 Å². The van der Waals surface area contributed by atoms with Crippen molar-refractivity contribution in [3.63, 3.8) is 0 Å². The maximum Gasteiger partial charge on any atom is 0.117 e. The van der Waals surface area contributed by atoms with Crippen LogP contribution in [-0.4, -0.2) is 7.28 Å². The summed E-state index contributed by atoms with van der Waals surface area (Å²) in [7, 11) is 2.79. The zero-order valence-corrected chi connectivity index (χ0v) is 12.8. The quantitative estimate of drug-likeness (QED) is 0.402. The van der Waals surface area contributed by atoms with Crippen molar-refractivity contribution >= 4 is 7.28 Å². The molecule has 2 rings (SSSR count). The molecule has 107 valence electrons. The Hall–Kier alpha value is -0.195. The van der Waals surface area contributed by atoms with Gasteiger partial charge in [-0.2, -0.15) is 0 Å². The molecule has 0 heterocycles. The van der Waals surface area contributed by atoms with Gasteiger partial charge in [-0.05, 0) is 19.3 Å². The van der Waals surface area contributed by atoms with Crippen molar-refractivity contribution in [2.45, 2.75) is 102 Å². The predicted molar refractivity (Wildman–Crippen MR) is 87.0 cm³/mol. The van der Waals surface area contributed by atoms with Crippen molar-refractivity contribution in [3.05, 3.63) is 12.2 Å². The number of rotatable bonds is 2. The normalized spacial score (nSPS) is 30.0. The van der Waals surface area contributed by atoms with Crippen LogP contribution in [0.5, 0.6) is 0 Å². The molecule has 19 heavy (non-hydrogen) atoms. The SMILES string of the molecule is [B](C1CCC/C=C\CCCC1)C1CCCCCCC1. The Kier molecular flexibility index (Phi) is 7.73. The van der Waals surface area contributed by atoms with E-state index in [9.17, 15) is 0 Å². The first-order valence-electron chi connectivity index (χ1n) is 8.95. The highest BCUT2D eigenvalue weighted by atomic mass is 14.1. The van der Waals surface area contributed by atoms with E-state index in [-0.39, 0.29) is 0 Å². The van der Waals surface area contributed by atoms with Gasteiger partial charge in [-0.15, -0.1) is 0 Å². The molecule has 2 aliphatic rings. The summed E-state index contributed by atoms with van der Waals surface area (Å²) in [6, 6.07) is 0. The lowest BCUT2D eigenvalue weighted by Gasteiger charge is -2.24. The predicted octanol–water partition coefficient (Wildman–Crippen LogP) is 6.31. The Bertz CT molecular complexity index is 238. The molecule has 1 unspecified atom stereocenters. The fourth-order valence-electron chi connectivity index (χ4n) is 3.80. The van der Waals surface area contributed by atoms with Crippen molar-refractivity contribution in [3.8, 4) is 0 Å². The van der Waals surface area contributed by atoms with Gasteiger partial charge < -0.3 is 0 Å². The Morgan fingerprint density at radius 3 is 1.68 bits per heavy atom. The Labute approximate surface area is 121 Å². The molecule has 0 nitrogen and oxygen atoms in total. The highest BCUT2D eigenvalue weighted by molar-refractivity contribution is 6.39. The molecule has 0 saturated heterocycles. The molecule has 0 amide bonds. The van der Waals surface area contributed by atoms with E-state index in [4.69, 9.17) is 0 Å². The van der Waals surface area contributed by atoms with Gasteiger partial charge in [0, 0.05) is 0 Å². The minimum atomic E-state index is 0.927. The van der Waals surface area contributed by atoms with E-state index in [1.807, 2.05) is 0 Å². The monoisotopic (exact) mass is 259 g/mol. The Morgan fingerprint density at radius 2 is 1.00 bits per heavy atom. The molecule has 1 radical (unpaired) electrons. The zero-order valence-electron chi connectivity index (χ0n) is 12.8. The van der Waals surface area contributed by atoms with Gasteiger partial charge in [-0.25, -0.2) is 0 Å². The smallest absolute Gasteiger partial charge is 0.0885 e. The molecule has 0 aromatic rings. The van der Waals surface area contributed by atoms with E-state index < -0.39 is 0 Å². The van der Waals surface area contributed by atoms with E-state index in [2.05, 4.69) is 19.4 Å². The van der Waals surface area contributed by atoms with Crippen LogP contribution in [-0.2, 0) is 0 Å². The van der Waals surface area contributed by atoms with Crippen molar-refractivity contribution in [1.82, 2.24) is 0 Å². The van der Waals surface area contributed by atoms with Crippen LogP contribution in [0.15, 0.2) is 12.2 Å². The maximum absolute atomic E-state index is 2.79. The molecule has 0 aromatic carbocycles. The lowest BCUT2D eigenvalue weighted by atomic mass is 9.50. The third-order valence-electron chi connectivity index (χ3n) is 5.00. The molecule has 0 aliphatic heterocycles. The lowest BCUT2D eigenvalue weighted by molar-refractivity contribution is 0.493. The summed E-state index contributed by atoms with van der Waals surface area (Å²) < 4.78 is 0. The van der Waals surface area contributed by atoms with Gasteiger partial charge >= 0.3 is 0 Å². The average Bonchev–Trinajstić information content (AvgIpc) is 2.40. The molecule has 1 saturated carbocycles. The third-order valence-corrected chi connectivity index (χ3v) is 5.00. The maximum atomic E-state index is 2.79. The van der Waals surface area contributed by atoms with Crippen molar-refractivity contribution < 1.29 is 0 Å². The molecule has 2 aliphatic carbocycles. The molecule has 0 bridgehead atoms. The van der Waals surface area contributed by atoms with Crippen LogP contribution in [0.3, 0.4) is 0 Å². The zero-order chi connectivity index (χ0) is 13.2. The second kappa shape index (κ2) is 9.67. The van der Waals surface area contributed by atoms with Crippen LogP contribution < -0.4 is 0 Å². The van der Waals surface area contributed by atoms with E-state index >= 15 is 0 Å². The Morgan fingerprint density at radius 1 is 0.526 bits per heavy atom. The summed E-state index contributed by atoms with van der Waals surface area (Å²) in [4.78, 5) is 0. The fraction of sp³-hybridized carbons (Fsp3) is 0.889. The van der Waals surface area contributed by atoms with Crippen LogP contribution in [0.4, 0.5) is 0 Å². The number of allylic oxidation sites excluding steroid dienone is 2. The van der Waals surface area contributed by atoms with E-state index in [1.165, 1.54) is 89.9 Å². The summed E-state index contributed by atoms with van der Waals surface area (Å²) in [5, 5.41) is 0. The van der Waals surface area contributed by atoms with Gasteiger partial charge in [0.15, 0.2) is 0 Å². The highest BCUT2D eigenvalue weighted by Gasteiger charge is 2.18. The van der Waals surface area contributed by atoms with E-state index in [0.717, 1.165) is 11.6 Å². The Balaban J connectivity index is 1.75. The molecular weight excluding hydrogens is 227 g/mol. The molecule has 1 heteroatoms. The molecule has 0 spiro atoms. The van der Waals surface area contributed by atoms with E-state index in [0.29, 0.717) is 0 Å². The minimum Gasteiger partial charge on any atom is -0.0885 e. The van der Waals surface area contributed by atoms with E-state index in [1.54, 1.807) is 0 Å². The second-order valence-corrected chi connectivity index (χ2v) is 6.74. The van der Waals surface area contributed by atoms with Crippen LogP contribution in [0.2, 0.25) is 11.6 Å². The fourth-order valence-corrected chi connectivity index (χ4v) is 3.80. The van der Waals surface area contributed by atoms with Crippen LogP contribution >= 0.6 is 0 Å². The van der Waals surface area contributed by atoms with Gasteiger partial charge in [0.25, 0.3) is 0 Å². The minimum absolute atomic E-state index is 0.927. The van der Waals surface area contributed by atoms with Crippen molar-refractivity contribution in [2.24, 2.45) is 0 Å². The summed E-state index contributed by atoms with van der Waals surface area (Å²) in [6.07, 6.45) is 25.0. The van der Waals surface area contributed by atoms with Gasteiger partial charge in [0.1, 0.15) is 7.28 Å². The van der Waals surface area contributed by atoms with Gasteiger partial charge in [-0.1, -0.05) is 94.4 Å². The molecule has 1 fully saturated rings. The standard InChI is InChI=1S/C18H32B/c1-2-5-9-13-17(14-10-6-3-1)19-18-15-11-7-4-8-12-16-18/h1-2,17-18H,3-16H2/b2-1-. The summed E-state index contributed by atoms with van der Waals surface area (Å²) >= 11 is 0. The third kappa shape index (κ3) is 6.68. The second-order valence-electron chi connectivity index (χ2n) is 6.74. The average molecular weight is 259 g/mol. The first-order chi connectivity index (χ1) is 9.45. The molecule has 0 N–H and O–H groups in total. The lowest BCUT2D eigenvalue weighted by Crippen LogP contribution is -2.13. The highest BCUT2D eigenvalue weighted by Crippen LogP contribution is 2.33. The number of hydrogen-bond donors (Lipinski definition) is 0. The van der Waals surface area contributed by atoms with Crippen LogP contribution in [0, 0.1) is 0 Å². The van der Waals surface area contributed by atoms with Gasteiger partial charge in [-0.3, -0.25) is 0 Å². The molecular formula is C18H32B. The summed E-state index contributed by atoms with van der Waals surface area (Å²) in [6.45, 7) is 0. The van der Waals surface area contributed by atoms with Crippen molar-refractivity contribution in [2.75, 3.05) is 0 Å². The summed E-state index contributed by atoms with van der Waals surface area (Å²) in [5.74, 6) is 1.87. The first kappa shape index (κ1) is 15.2. The molecule has 0 aromatic heterocycles. The van der Waals surface area contributed by atoms with Crippen LogP contribution in [0.1, 0.15) is 89.9 Å². The summed E-state index contributed by atoms with van der Waals surface area (Å²) in [5.41, 5.74) is 0. The van der Waals surface area contributed by atoms with Crippen molar-refractivity contribution in [1.29, 1.82) is 0 Å². The van der Waals surface area contributed by atoms with Crippen LogP contribution in [0.25, 0.3) is 0 Å². The first-order valence-corrected chi connectivity index (χ1v) is 8.95. The number of hydrogen-bond acceptors (Lipinski definition) is 0. The van der Waals surface area contributed by atoms with Gasteiger partial charge in [0.05, 0.1) is 0 Å².